The van der Waals surface area contributed by atoms with Gasteiger partial charge < -0.3 is 15.4 Å². The van der Waals surface area contributed by atoms with Crippen molar-refractivity contribution in [2.24, 2.45) is 0 Å². The molecule has 0 spiro atoms. The van der Waals surface area contributed by atoms with Crippen LogP contribution in [0.25, 0.3) is 0 Å². The van der Waals surface area contributed by atoms with Crippen LogP contribution >= 0.6 is 0 Å². The van der Waals surface area contributed by atoms with Crippen LogP contribution in [0.4, 0.5) is 11.8 Å². The van der Waals surface area contributed by atoms with Gasteiger partial charge in [-0.3, -0.25) is 0 Å². The lowest BCUT2D eigenvalue weighted by Gasteiger charge is -2.23. The number of nitrogens with two attached hydrogens (primary N) is 1. The minimum atomic E-state index is 0.541. The summed E-state index contributed by atoms with van der Waals surface area (Å²) in [5, 5.41) is 0. The summed E-state index contributed by atoms with van der Waals surface area (Å²) in [5.41, 5.74) is 7.93. The minimum Gasteiger partial charge on any atom is -0.383 e. The van der Waals surface area contributed by atoms with Gasteiger partial charge in [-0.05, 0) is 13.8 Å². The van der Waals surface area contributed by atoms with Crippen molar-refractivity contribution in [3.8, 4) is 0 Å². The smallest absolute Gasteiger partial charge is 0.227 e. The first-order chi connectivity index (χ1) is 7.76. The molecule has 0 saturated carbocycles. The van der Waals surface area contributed by atoms with Gasteiger partial charge in [-0.25, -0.2) is 4.98 Å². The summed E-state index contributed by atoms with van der Waals surface area (Å²) in [5.74, 6) is 1.30. The topological polar surface area (TPSA) is 64.3 Å². The maximum atomic E-state index is 5.93. The zero-order valence-corrected chi connectivity index (χ0v) is 9.86. The normalized spacial score (nSPS) is 14.6. The van der Waals surface area contributed by atoms with Gasteiger partial charge in [-0.1, -0.05) is 0 Å². The third-order valence-corrected chi connectivity index (χ3v) is 2.89. The van der Waals surface area contributed by atoms with E-state index in [0.717, 1.165) is 43.3 Å². The summed E-state index contributed by atoms with van der Waals surface area (Å²) in [4.78, 5) is 11.0. The monoisotopic (exact) mass is 222 g/mol. The molecule has 2 rings (SSSR count). The Balaban J connectivity index is 2.38. The van der Waals surface area contributed by atoms with Gasteiger partial charge >= 0.3 is 0 Å². The van der Waals surface area contributed by atoms with Crippen molar-refractivity contribution in [1.29, 1.82) is 0 Å². The van der Waals surface area contributed by atoms with Gasteiger partial charge in [0.2, 0.25) is 5.95 Å². The Hall–Kier alpha value is -1.36. The van der Waals surface area contributed by atoms with Gasteiger partial charge in [-0.15, -0.1) is 0 Å². The molecule has 2 heterocycles. The molecule has 0 unspecified atom stereocenters. The van der Waals surface area contributed by atoms with Gasteiger partial charge in [0.05, 0.1) is 18.9 Å². The number of anilines is 2. The predicted octanol–water partition coefficient (Wildman–Crippen LogP) is 0.978. The molecule has 0 radical (unpaired) electrons. The first-order valence-electron chi connectivity index (χ1n) is 5.74. The fourth-order valence-corrected chi connectivity index (χ4v) is 1.89. The number of rotatable bonds is 3. The van der Waals surface area contributed by atoms with E-state index >= 15 is 0 Å². The molecule has 5 heteroatoms. The maximum absolute atomic E-state index is 5.93. The van der Waals surface area contributed by atoms with Crippen molar-refractivity contribution in [1.82, 2.24) is 9.97 Å². The Labute approximate surface area is 95.6 Å². The highest BCUT2D eigenvalue weighted by atomic mass is 16.5. The van der Waals surface area contributed by atoms with E-state index in [0.29, 0.717) is 12.4 Å². The Kier molecular flexibility index (Phi) is 3.24. The van der Waals surface area contributed by atoms with Crippen LogP contribution in [0, 0.1) is 0 Å². The van der Waals surface area contributed by atoms with Crippen LogP contribution in [-0.2, 0) is 17.8 Å². The molecule has 5 nitrogen and oxygen atoms in total. The quantitative estimate of drug-likeness (QED) is 0.825. The number of nitrogen functional groups attached to an aromatic ring is 1. The van der Waals surface area contributed by atoms with Crippen molar-refractivity contribution < 1.29 is 4.74 Å². The Morgan fingerprint density at radius 1 is 1.31 bits per heavy atom. The average molecular weight is 222 g/mol. The van der Waals surface area contributed by atoms with Gasteiger partial charge in [-0.2, -0.15) is 4.98 Å². The molecule has 88 valence electrons. The molecule has 0 atom stereocenters. The zero-order valence-electron chi connectivity index (χ0n) is 9.86. The van der Waals surface area contributed by atoms with Gasteiger partial charge in [0.15, 0.2) is 0 Å². The van der Waals surface area contributed by atoms with E-state index in [1.165, 1.54) is 0 Å². The first kappa shape index (κ1) is 11.1. The lowest BCUT2D eigenvalue weighted by atomic mass is 10.1. The van der Waals surface area contributed by atoms with Gasteiger partial charge in [0.1, 0.15) is 5.82 Å². The zero-order chi connectivity index (χ0) is 11.5. The van der Waals surface area contributed by atoms with E-state index < -0.39 is 0 Å². The summed E-state index contributed by atoms with van der Waals surface area (Å²) in [6.07, 6.45) is 0.830. The molecule has 0 aliphatic carbocycles. The highest BCUT2D eigenvalue weighted by Gasteiger charge is 2.18. The van der Waals surface area contributed by atoms with Crippen LogP contribution in [0.5, 0.6) is 0 Å². The van der Waals surface area contributed by atoms with Crippen molar-refractivity contribution in [2.45, 2.75) is 26.9 Å². The Morgan fingerprint density at radius 2 is 2.06 bits per heavy atom. The molecular formula is C11H18N4O. The highest BCUT2D eigenvalue weighted by Crippen LogP contribution is 2.22. The largest absolute Gasteiger partial charge is 0.383 e. The van der Waals surface area contributed by atoms with E-state index in [-0.39, 0.29) is 0 Å². The van der Waals surface area contributed by atoms with E-state index in [1.54, 1.807) is 0 Å². The fourth-order valence-electron chi connectivity index (χ4n) is 1.89. The number of ether oxygens (including phenoxy) is 1. The summed E-state index contributed by atoms with van der Waals surface area (Å²) in [6, 6.07) is 0. The van der Waals surface area contributed by atoms with E-state index in [4.69, 9.17) is 10.5 Å². The van der Waals surface area contributed by atoms with Crippen LogP contribution in [0.3, 0.4) is 0 Å². The SMILES string of the molecule is CCN(CC)c1nc(N)c2c(n1)CCOC2. The predicted molar refractivity (Wildman–Crippen MR) is 63.4 cm³/mol. The molecule has 16 heavy (non-hydrogen) atoms. The maximum Gasteiger partial charge on any atom is 0.227 e. The standard InChI is InChI=1S/C11H18N4O/c1-3-15(4-2)11-13-9-5-6-16-7-8(9)10(12)14-11/h3-7H2,1-2H3,(H2,12,13,14). The Bertz CT molecular complexity index is 376. The molecule has 1 aromatic heterocycles. The van der Waals surface area contributed by atoms with Crippen LogP contribution in [0.1, 0.15) is 25.1 Å². The second kappa shape index (κ2) is 4.65. The second-order valence-corrected chi connectivity index (χ2v) is 3.81. The van der Waals surface area contributed by atoms with Gasteiger partial charge in [0.25, 0.3) is 0 Å². The molecule has 0 fully saturated rings. The van der Waals surface area contributed by atoms with Gasteiger partial charge in [0, 0.05) is 25.1 Å². The number of hydrogen-bond donors (Lipinski definition) is 1. The molecule has 2 N–H and O–H groups in total. The van der Waals surface area contributed by atoms with Crippen molar-refractivity contribution >= 4 is 11.8 Å². The highest BCUT2D eigenvalue weighted by molar-refractivity contribution is 5.48. The van der Waals surface area contributed by atoms with Crippen molar-refractivity contribution in [3.05, 3.63) is 11.3 Å². The summed E-state index contributed by atoms with van der Waals surface area (Å²) < 4.78 is 5.36. The third kappa shape index (κ3) is 1.95. The Morgan fingerprint density at radius 3 is 2.75 bits per heavy atom. The number of fused-ring (bicyclic) bond motifs is 1. The summed E-state index contributed by atoms with van der Waals surface area (Å²) in [6.45, 7) is 7.23. The van der Waals surface area contributed by atoms with E-state index in [2.05, 4.69) is 28.7 Å². The average Bonchev–Trinajstić information content (AvgIpc) is 2.31. The molecule has 0 bridgehead atoms. The summed E-state index contributed by atoms with van der Waals surface area (Å²) >= 11 is 0. The molecule has 0 aromatic carbocycles. The van der Waals surface area contributed by atoms with E-state index in [9.17, 15) is 0 Å². The van der Waals surface area contributed by atoms with Crippen molar-refractivity contribution in [2.75, 3.05) is 30.3 Å². The first-order valence-corrected chi connectivity index (χ1v) is 5.74. The summed E-state index contributed by atoms with van der Waals surface area (Å²) in [7, 11) is 0. The van der Waals surface area contributed by atoms with Crippen LogP contribution in [0.2, 0.25) is 0 Å². The number of aromatic nitrogens is 2. The lowest BCUT2D eigenvalue weighted by molar-refractivity contribution is 0.109. The molecule has 1 aliphatic rings. The number of nitrogens with zero attached hydrogens (tertiary/aromatic N) is 3. The lowest BCUT2D eigenvalue weighted by Crippen LogP contribution is -2.26. The van der Waals surface area contributed by atoms with E-state index in [1.807, 2.05) is 0 Å². The molecule has 1 aliphatic heterocycles. The molecule has 0 amide bonds. The molecule has 1 aromatic rings. The van der Waals surface area contributed by atoms with Crippen LogP contribution < -0.4 is 10.6 Å². The molecular weight excluding hydrogens is 204 g/mol. The number of hydrogen-bond acceptors (Lipinski definition) is 5. The second-order valence-electron chi connectivity index (χ2n) is 3.81. The molecule has 0 saturated heterocycles. The van der Waals surface area contributed by atoms with Crippen LogP contribution in [-0.4, -0.2) is 29.7 Å². The third-order valence-electron chi connectivity index (χ3n) is 2.89. The van der Waals surface area contributed by atoms with Crippen LogP contribution in [0.15, 0.2) is 0 Å². The van der Waals surface area contributed by atoms with Crippen molar-refractivity contribution in [3.63, 3.8) is 0 Å². The minimum absolute atomic E-state index is 0.541. The fraction of sp³-hybridized carbons (Fsp3) is 0.636.